The van der Waals surface area contributed by atoms with Gasteiger partial charge in [-0.25, -0.2) is 0 Å². The van der Waals surface area contributed by atoms with Gasteiger partial charge in [-0.15, -0.1) is 0 Å². The SMILES string of the molecule is CC(C)COCCNc1ccccc1C(F)(F)F. The summed E-state index contributed by atoms with van der Waals surface area (Å²) in [6.45, 7) is 5.41. The first kappa shape index (κ1) is 14.8. The number of para-hydroxylation sites is 1. The van der Waals surface area contributed by atoms with E-state index < -0.39 is 11.7 Å². The van der Waals surface area contributed by atoms with Crippen LogP contribution in [0.15, 0.2) is 24.3 Å². The summed E-state index contributed by atoms with van der Waals surface area (Å²) in [6.07, 6.45) is -4.33. The highest BCUT2D eigenvalue weighted by molar-refractivity contribution is 5.52. The molecule has 0 aromatic heterocycles. The van der Waals surface area contributed by atoms with Crippen molar-refractivity contribution in [2.24, 2.45) is 5.92 Å². The van der Waals surface area contributed by atoms with Crippen molar-refractivity contribution in [1.82, 2.24) is 0 Å². The first-order chi connectivity index (χ1) is 8.41. The molecule has 0 aliphatic heterocycles. The van der Waals surface area contributed by atoms with Crippen molar-refractivity contribution >= 4 is 5.69 Å². The van der Waals surface area contributed by atoms with Gasteiger partial charge in [-0.05, 0) is 18.1 Å². The zero-order valence-corrected chi connectivity index (χ0v) is 10.6. The fraction of sp³-hybridized carbons (Fsp3) is 0.538. The van der Waals surface area contributed by atoms with Crippen molar-refractivity contribution in [2.45, 2.75) is 20.0 Å². The van der Waals surface area contributed by atoms with Crippen LogP contribution in [0.4, 0.5) is 18.9 Å². The number of alkyl halides is 3. The van der Waals surface area contributed by atoms with Crippen molar-refractivity contribution in [3.05, 3.63) is 29.8 Å². The topological polar surface area (TPSA) is 21.3 Å². The van der Waals surface area contributed by atoms with Crippen LogP contribution in [-0.4, -0.2) is 19.8 Å². The maximum atomic E-state index is 12.7. The molecule has 0 bridgehead atoms. The van der Waals surface area contributed by atoms with Crippen molar-refractivity contribution in [3.63, 3.8) is 0 Å². The molecule has 0 radical (unpaired) electrons. The highest BCUT2D eigenvalue weighted by Gasteiger charge is 2.32. The lowest BCUT2D eigenvalue weighted by atomic mass is 10.1. The standard InChI is InChI=1S/C13H18F3NO/c1-10(2)9-18-8-7-17-12-6-4-3-5-11(12)13(14,15)16/h3-6,10,17H,7-9H2,1-2H3. The average molecular weight is 261 g/mol. The van der Waals surface area contributed by atoms with E-state index in [4.69, 9.17) is 4.74 Å². The minimum absolute atomic E-state index is 0.0955. The third-order valence-electron chi connectivity index (χ3n) is 2.25. The molecule has 0 saturated heterocycles. The molecule has 0 amide bonds. The summed E-state index contributed by atoms with van der Waals surface area (Å²) in [4.78, 5) is 0. The van der Waals surface area contributed by atoms with Gasteiger partial charge in [-0.3, -0.25) is 0 Å². The molecule has 5 heteroatoms. The van der Waals surface area contributed by atoms with E-state index in [1.807, 2.05) is 13.8 Å². The van der Waals surface area contributed by atoms with E-state index in [1.54, 1.807) is 6.07 Å². The van der Waals surface area contributed by atoms with E-state index in [0.29, 0.717) is 25.7 Å². The van der Waals surface area contributed by atoms with Gasteiger partial charge in [-0.1, -0.05) is 26.0 Å². The summed E-state index contributed by atoms with van der Waals surface area (Å²) >= 11 is 0. The summed E-state index contributed by atoms with van der Waals surface area (Å²) in [5.41, 5.74) is -0.549. The largest absolute Gasteiger partial charge is 0.418 e. The van der Waals surface area contributed by atoms with Crippen LogP contribution in [-0.2, 0) is 10.9 Å². The Balaban J connectivity index is 2.47. The first-order valence-corrected chi connectivity index (χ1v) is 5.89. The van der Waals surface area contributed by atoms with Gasteiger partial charge in [0.1, 0.15) is 0 Å². The number of benzene rings is 1. The Hall–Kier alpha value is -1.23. The predicted molar refractivity (Wildman–Crippen MR) is 65.6 cm³/mol. The van der Waals surface area contributed by atoms with E-state index in [9.17, 15) is 13.2 Å². The van der Waals surface area contributed by atoms with Crippen LogP contribution in [0.5, 0.6) is 0 Å². The number of halogens is 3. The molecule has 0 saturated carbocycles. The van der Waals surface area contributed by atoms with Crippen LogP contribution >= 0.6 is 0 Å². The molecule has 0 atom stereocenters. The van der Waals surface area contributed by atoms with Crippen LogP contribution in [0.2, 0.25) is 0 Å². The van der Waals surface area contributed by atoms with Gasteiger partial charge in [0.15, 0.2) is 0 Å². The van der Waals surface area contributed by atoms with Gasteiger partial charge in [0.25, 0.3) is 0 Å². The molecule has 2 nitrogen and oxygen atoms in total. The van der Waals surface area contributed by atoms with E-state index >= 15 is 0 Å². The monoisotopic (exact) mass is 261 g/mol. The fourth-order valence-electron chi connectivity index (χ4n) is 1.46. The Morgan fingerprint density at radius 3 is 2.50 bits per heavy atom. The van der Waals surface area contributed by atoms with Crippen LogP contribution in [0.3, 0.4) is 0 Å². The van der Waals surface area contributed by atoms with Crippen LogP contribution < -0.4 is 5.32 Å². The normalized spacial score (nSPS) is 11.9. The van der Waals surface area contributed by atoms with Gasteiger partial charge in [0.2, 0.25) is 0 Å². The van der Waals surface area contributed by atoms with Crippen molar-refractivity contribution in [3.8, 4) is 0 Å². The molecule has 102 valence electrons. The summed E-state index contributed by atoms with van der Waals surface area (Å²) in [5, 5.41) is 2.75. The lowest BCUT2D eigenvalue weighted by Crippen LogP contribution is -2.15. The van der Waals surface area contributed by atoms with Gasteiger partial charge >= 0.3 is 6.18 Å². The van der Waals surface area contributed by atoms with Crippen LogP contribution in [0.1, 0.15) is 19.4 Å². The second-order valence-electron chi connectivity index (χ2n) is 4.44. The quantitative estimate of drug-likeness (QED) is 0.787. The van der Waals surface area contributed by atoms with E-state index in [-0.39, 0.29) is 5.69 Å². The number of rotatable bonds is 6. The average Bonchev–Trinajstić information content (AvgIpc) is 2.27. The zero-order valence-electron chi connectivity index (χ0n) is 10.6. The van der Waals surface area contributed by atoms with Crippen molar-refractivity contribution < 1.29 is 17.9 Å². The van der Waals surface area contributed by atoms with Crippen molar-refractivity contribution in [1.29, 1.82) is 0 Å². The number of nitrogens with one attached hydrogen (secondary N) is 1. The van der Waals surface area contributed by atoms with Gasteiger partial charge < -0.3 is 10.1 Å². The van der Waals surface area contributed by atoms with E-state index in [0.717, 1.165) is 6.07 Å². The zero-order chi connectivity index (χ0) is 13.6. The highest BCUT2D eigenvalue weighted by Crippen LogP contribution is 2.34. The lowest BCUT2D eigenvalue weighted by Gasteiger charge is -2.14. The molecule has 0 unspecified atom stereocenters. The van der Waals surface area contributed by atoms with Crippen LogP contribution in [0.25, 0.3) is 0 Å². The third-order valence-corrected chi connectivity index (χ3v) is 2.25. The molecule has 1 aromatic carbocycles. The second kappa shape index (κ2) is 6.64. The maximum Gasteiger partial charge on any atom is 0.418 e. The molecule has 0 aliphatic carbocycles. The molecule has 0 fully saturated rings. The third kappa shape index (κ3) is 4.96. The Labute approximate surface area is 105 Å². The predicted octanol–water partition coefficient (Wildman–Crippen LogP) is 3.79. The molecular formula is C13H18F3NO. The Bertz CT molecular complexity index is 363. The van der Waals surface area contributed by atoms with Gasteiger partial charge in [0, 0.05) is 18.8 Å². The van der Waals surface area contributed by atoms with Gasteiger partial charge in [0.05, 0.1) is 12.2 Å². The number of hydrogen-bond acceptors (Lipinski definition) is 2. The number of hydrogen-bond donors (Lipinski definition) is 1. The molecule has 0 heterocycles. The molecular weight excluding hydrogens is 243 g/mol. The summed E-state index contributed by atoms with van der Waals surface area (Å²) in [5.74, 6) is 0.424. The number of ether oxygens (including phenoxy) is 1. The molecule has 1 N–H and O–H groups in total. The Morgan fingerprint density at radius 2 is 1.89 bits per heavy atom. The molecule has 0 spiro atoms. The summed E-state index contributed by atoms with van der Waals surface area (Å²) < 4.78 is 43.3. The Kier molecular flexibility index (Phi) is 5.47. The van der Waals surface area contributed by atoms with E-state index in [2.05, 4.69) is 5.32 Å². The molecule has 1 rings (SSSR count). The first-order valence-electron chi connectivity index (χ1n) is 5.89. The molecule has 18 heavy (non-hydrogen) atoms. The minimum atomic E-state index is -4.33. The van der Waals surface area contributed by atoms with Crippen molar-refractivity contribution in [2.75, 3.05) is 25.1 Å². The highest BCUT2D eigenvalue weighted by atomic mass is 19.4. The minimum Gasteiger partial charge on any atom is -0.382 e. The van der Waals surface area contributed by atoms with Crippen LogP contribution in [0, 0.1) is 5.92 Å². The summed E-state index contributed by atoms with van der Waals surface area (Å²) in [7, 11) is 0. The number of anilines is 1. The van der Waals surface area contributed by atoms with Gasteiger partial charge in [-0.2, -0.15) is 13.2 Å². The molecule has 0 aliphatic rings. The smallest absolute Gasteiger partial charge is 0.382 e. The maximum absolute atomic E-state index is 12.7. The van der Waals surface area contributed by atoms with E-state index in [1.165, 1.54) is 12.1 Å². The fourth-order valence-corrected chi connectivity index (χ4v) is 1.46. The lowest BCUT2D eigenvalue weighted by molar-refractivity contribution is -0.137. The second-order valence-corrected chi connectivity index (χ2v) is 4.44. The Morgan fingerprint density at radius 1 is 1.22 bits per heavy atom. The summed E-state index contributed by atoms with van der Waals surface area (Å²) in [6, 6.07) is 5.44. The molecule has 1 aromatic rings.